The van der Waals surface area contributed by atoms with E-state index in [1.807, 2.05) is 6.07 Å². The maximum Gasteiger partial charge on any atom is 0.321 e. The number of amides is 3. The first-order valence-corrected chi connectivity index (χ1v) is 8.45. The predicted molar refractivity (Wildman–Crippen MR) is 82.3 cm³/mol. The Kier molecular flexibility index (Phi) is 3.52. The SMILES string of the molecule is N#Cc1nncn1CC(=O)NC(=O)NC12CC3CC(CC(C3)C1)C2. The van der Waals surface area contributed by atoms with Gasteiger partial charge in [-0.3, -0.25) is 14.7 Å². The van der Waals surface area contributed by atoms with Gasteiger partial charge in [-0.15, -0.1) is 10.2 Å². The number of rotatable bonds is 3. The Balaban J connectivity index is 1.35. The van der Waals surface area contributed by atoms with Gasteiger partial charge in [0, 0.05) is 5.54 Å². The minimum Gasteiger partial charge on any atom is -0.332 e. The number of nitrogens with one attached hydrogen (secondary N) is 2. The van der Waals surface area contributed by atoms with Gasteiger partial charge >= 0.3 is 6.03 Å². The molecule has 1 heterocycles. The van der Waals surface area contributed by atoms with Gasteiger partial charge in [0.2, 0.25) is 11.7 Å². The molecule has 2 N–H and O–H groups in total. The van der Waals surface area contributed by atoms with Gasteiger partial charge in [0.1, 0.15) is 18.9 Å². The van der Waals surface area contributed by atoms with E-state index in [9.17, 15) is 9.59 Å². The quantitative estimate of drug-likeness (QED) is 0.857. The zero-order chi connectivity index (χ0) is 16.7. The van der Waals surface area contributed by atoms with Crippen molar-refractivity contribution in [3.8, 4) is 6.07 Å². The third kappa shape index (κ3) is 2.75. The number of nitrogens with zero attached hydrogens (tertiary/aromatic N) is 4. The summed E-state index contributed by atoms with van der Waals surface area (Å²) in [7, 11) is 0. The molecule has 5 rings (SSSR count). The summed E-state index contributed by atoms with van der Waals surface area (Å²) in [5.41, 5.74) is -0.131. The third-order valence-corrected chi connectivity index (χ3v) is 5.70. The van der Waals surface area contributed by atoms with Crippen molar-refractivity contribution in [1.82, 2.24) is 25.4 Å². The van der Waals surface area contributed by atoms with Gasteiger partial charge in [0.05, 0.1) is 0 Å². The van der Waals surface area contributed by atoms with Crippen LogP contribution in [0.1, 0.15) is 44.3 Å². The van der Waals surface area contributed by atoms with Gasteiger partial charge in [0.15, 0.2) is 0 Å². The summed E-state index contributed by atoms with van der Waals surface area (Å²) in [5, 5.41) is 21.5. The molecule has 0 unspecified atom stereocenters. The summed E-state index contributed by atoms with van der Waals surface area (Å²) >= 11 is 0. The van der Waals surface area contributed by atoms with Crippen LogP contribution in [0.2, 0.25) is 0 Å². The van der Waals surface area contributed by atoms with Gasteiger partial charge in [-0.1, -0.05) is 0 Å². The van der Waals surface area contributed by atoms with Gasteiger partial charge < -0.3 is 5.32 Å². The summed E-state index contributed by atoms with van der Waals surface area (Å²) in [4.78, 5) is 24.3. The number of carbonyl (C=O) groups excluding carboxylic acids is 2. The highest BCUT2D eigenvalue weighted by Crippen LogP contribution is 2.55. The van der Waals surface area contributed by atoms with E-state index in [-0.39, 0.29) is 17.9 Å². The average molecular weight is 328 g/mol. The standard InChI is InChI=1S/C16H20N6O2/c17-7-13-21-18-9-22(13)8-14(23)19-15(24)20-16-4-10-1-11(5-16)3-12(2-10)6-16/h9-12H,1-6,8H2,(H2,19,20,23,24). The van der Waals surface area contributed by atoms with E-state index >= 15 is 0 Å². The van der Waals surface area contributed by atoms with Crippen molar-refractivity contribution in [2.75, 3.05) is 0 Å². The number of nitriles is 1. The fraction of sp³-hybridized carbons (Fsp3) is 0.688. The summed E-state index contributed by atoms with van der Waals surface area (Å²) in [5.74, 6) is 1.74. The molecule has 8 nitrogen and oxygen atoms in total. The summed E-state index contributed by atoms with van der Waals surface area (Å²) in [6, 6.07) is 1.41. The molecule has 126 valence electrons. The number of urea groups is 1. The maximum absolute atomic E-state index is 12.3. The Morgan fingerprint density at radius 3 is 2.46 bits per heavy atom. The molecule has 1 aromatic rings. The van der Waals surface area contributed by atoms with Crippen LogP contribution in [-0.4, -0.2) is 32.2 Å². The monoisotopic (exact) mass is 328 g/mol. The molecule has 4 bridgehead atoms. The van der Waals surface area contributed by atoms with Crippen molar-refractivity contribution in [2.24, 2.45) is 17.8 Å². The second-order valence-corrected chi connectivity index (χ2v) is 7.59. The first kappa shape index (κ1) is 15.1. The molecule has 4 saturated carbocycles. The maximum atomic E-state index is 12.3. The van der Waals surface area contributed by atoms with E-state index in [0.717, 1.165) is 37.0 Å². The molecule has 0 spiro atoms. The number of hydrogen-bond donors (Lipinski definition) is 2. The van der Waals surface area contributed by atoms with E-state index < -0.39 is 11.9 Å². The van der Waals surface area contributed by atoms with E-state index in [1.165, 1.54) is 30.2 Å². The first-order valence-electron chi connectivity index (χ1n) is 8.45. The summed E-state index contributed by atoms with van der Waals surface area (Å²) < 4.78 is 1.31. The Morgan fingerprint density at radius 2 is 1.88 bits per heavy atom. The fourth-order valence-corrected chi connectivity index (χ4v) is 5.31. The molecule has 1 aromatic heterocycles. The van der Waals surface area contributed by atoms with E-state index in [4.69, 9.17) is 5.26 Å². The van der Waals surface area contributed by atoms with Crippen LogP contribution in [0.3, 0.4) is 0 Å². The molecule has 0 aromatic carbocycles. The highest BCUT2D eigenvalue weighted by molar-refractivity contribution is 5.94. The molecular weight excluding hydrogens is 308 g/mol. The van der Waals surface area contributed by atoms with Gasteiger partial charge in [0.25, 0.3) is 0 Å². The molecule has 0 radical (unpaired) electrons. The van der Waals surface area contributed by atoms with E-state index in [1.54, 1.807) is 0 Å². The van der Waals surface area contributed by atoms with Gasteiger partial charge in [-0.25, -0.2) is 4.79 Å². The lowest BCUT2D eigenvalue weighted by Crippen LogP contribution is -2.62. The van der Waals surface area contributed by atoms with Crippen LogP contribution < -0.4 is 10.6 Å². The van der Waals surface area contributed by atoms with E-state index in [0.29, 0.717) is 0 Å². The van der Waals surface area contributed by atoms with Crippen LogP contribution in [0.15, 0.2) is 6.33 Å². The predicted octanol–water partition coefficient (Wildman–Crippen LogP) is 0.944. The van der Waals surface area contributed by atoms with Crippen LogP contribution in [-0.2, 0) is 11.3 Å². The highest BCUT2D eigenvalue weighted by Gasteiger charge is 2.51. The van der Waals surface area contributed by atoms with Crippen molar-refractivity contribution in [3.63, 3.8) is 0 Å². The number of aromatic nitrogens is 3. The Hall–Kier alpha value is -2.43. The van der Waals surface area contributed by atoms with Gasteiger partial charge in [-0.2, -0.15) is 5.26 Å². The lowest BCUT2D eigenvalue weighted by atomic mass is 9.53. The topological polar surface area (TPSA) is 113 Å². The molecule has 4 aliphatic rings. The second kappa shape index (κ2) is 5.58. The van der Waals surface area contributed by atoms with Crippen LogP contribution in [0.25, 0.3) is 0 Å². The zero-order valence-electron chi connectivity index (χ0n) is 13.4. The smallest absolute Gasteiger partial charge is 0.321 e. The Labute approximate surface area is 139 Å². The number of hydrogen-bond acceptors (Lipinski definition) is 5. The molecule has 3 amide bonds. The number of carbonyl (C=O) groups is 2. The summed E-state index contributed by atoms with van der Waals surface area (Å²) in [6.45, 7) is -0.149. The van der Waals surface area contributed by atoms with Crippen molar-refractivity contribution >= 4 is 11.9 Å². The van der Waals surface area contributed by atoms with Crippen molar-refractivity contribution in [2.45, 2.75) is 50.6 Å². The molecule has 8 heteroatoms. The van der Waals surface area contributed by atoms with Crippen molar-refractivity contribution in [1.29, 1.82) is 5.26 Å². The van der Waals surface area contributed by atoms with E-state index in [2.05, 4.69) is 20.8 Å². The molecule has 0 saturated heterocycles. The minimum atomic E-state index is -0.478. The van der Waals surface area contributed by atoms with Crippen LogP contribution in [0, 0.1) is 29.1 Å². The molecule has 24 heavy (non-hydrogen) atoms. The Bertz CT molecular complexity index is 683. The Morgan fingerprint density at radius 1 is 1.25 bits per heavy atom. The summed E-state index contributed by atoms with van der Waals surface area (Å²) in [6.07, 6.45) is 8.29. The third-order valence-electron chi connectivity index (χ3n) is 5.70. The van der Waals surface area contributed by atoms with Crippen LogP contribution in [0.5, 0.6) is 0 Å². The normalized spacial score (nSPS) is 33.0. The van der Waals surface area contributed by atoms with Crippen LogP contribution >= 0.6 is 0 Å². The molecule has 4 fully saturated rings. The highest BCUT2D eigenvalue weighted by atomic mass is 16.2. The second-order valence-electron chi connectivity index (χ2n) is 7.59. The molecule has 0 aliphatic heterocycles. The lowest BCUT2D eigenvalue weighted by molar-refractivity contribution is -0.120. The minimum absolute atomic E-state index is 0.0478. The average Bonchev–Trinajstić information content (AvgIpc) is 2.91. The molecule has 0 atom stereocenters. The van der Waals surface area contributed by atoms with Crippen molar-refractivity contribution < 1.29 is 9.59 Å². The largest absolute Gasteiger partial charge is 0.332 e. The molecular formula is C16H20N6O2. The van der Waals surface area contributed by atoms with Crippen molar-refractivity contribution in [3.05, 3.63) is 12.2 Å². The zero-order valence-corrected chi connectivity index (χ0v) is 13.4. The fourth-order valence-electron chi connectivity index (χ4n) is 5.31. The first-order chi connectivity index (χ1) is 11.5. The number of imide groups is 1. The molecule has 4 aliphatic carbocycles. The van der Waals surface area contributed by atoms with Gasteiger partial charge in [-0.05, 0) is 56.3 Å². The van der Waals surface area contributed by atoms with Crippen LogP contribution in [0.4, 0.5) is 4.79 Å². The lowest BCUT2D eigenvalue weighted by Gasteiger charge is -2.56.